The molecule has 1 aromatic carbocycles. The standard InChI is InChI=1S/C18H25N3O2/c1-14(22)21-16-8-3-2-7-15(16)13-17(21)18(23)19-9-6-12-20-10-4-5-11-20/h2-3,7-8,17H,4-6,9-13H2,1H3,(H,19,23). The van der Waals surface area contributed by atoms with Gasteiger partial charge in [0.1, 0.15) is 6.04 Å². The van der Waals surface area contributed by atoms with E-state index in [9.17, 15) is 9.59 Å². The highest BCUT2D eigenvalue weighted by Crippen LogP contribution is 2.32. The van der Waals surface area contributed by atoms with Gasteiger partial charge in [-0.15, -0.1) is 0 Å². The van der Waals surface area contributed by atoms with E-state index in [4.69, 9.17) is 0 Å². The second-order valence-electron chi connectivity index (χ2n) is 6.43. The van der Waals surface area contributed by atoms with Crippen LogP contribution in [0.15, 0.2) is 24.3 Å². The number of fused-ring (bicyclic) bond motifs is 1. The summed E-state index contributed by atoms with van der Waals surface area (Å²) < 4.78 is 0. The predicted molar refractivity (Wildman–Crippen MR) is 90.4 cm³/mol. The summed E-state index contributed by atoms with van der Waals surface area (Å²) in [4.78, 5) is 28.5. The summed E-state index contributed by atoms with van der Waals surface area (Å²) in [6.07, 6.45) is 4.15. The van der Waals surface area contributed by atoms with Crippen molar-refractivity contribution >= 4 is 17.5 Å². The first-order valence-corrected chi connectivity index (χ1v) is 8.54. The molecule has 1 aromatic rings. The van der Waals surface area contributed by atoms with E-state index in [2.05, 4.69) is 10.2 Å². The lowest BCUT2D eigenvalue weighted by molar-refractivity contribution is -0.125. The van der Waals surface area contributed by atoms with Crippen molar-refractivity contribution in [1.82, 2.24) is 10.2 Å². The average Bonchev–Trinajstić information content (AvgIpc) is 3.18. The van der Waals surface area contributed by atoms with Crippen LogP contribution in [0, 0.1) is 0 Å². The fourth-order valence-electron chi connectivity index (χ4n) is 3.62. The number of nitrogens with one attached hydrogen (secondary N) is 1. The zero-order valence-corrected chi connectivity index (χ0v) is 13.8. The summed E-state index contributed by atoms with van der Waals surface area (Å²) in [5.41, 5.74) is 1.94. The van der Waals surface area contributed by atoms with E-state index >= 15 is 0 Å². The molecule has 0 aliphatic carbocycles. The quantitative estimate of drug-likeness (QED) is 0.839. The zero-order valence-electron chi connectivity index (χ0n) is 13.8. The van der Waals surface area contributed by atoms with E-state index in [0.717, 1.165) is 24.2 Å². The molecule has 5 heteroatoms. The third-order valence-corrected chi connectivity index (χ3v) is 4.77. The van der Waals surface area contributed by atoms with Crippen molar-refractivity contribution < 1.29 is 9.59 Å². The minimum absolute atomic E-state index is 0.0437. The van der Waals surface area contributed by atoms with Crippen LogP contribution in [0.1, 0.15) is 31.7 Å². The van der Waals surface area contributed by atoms with Gasteiger partial charge in [0.2, 0.25) is 11.8 Å². The lowest BCUT2D eigenvalue weighted by Gasteiger charge is -2.23. The maximum absolute atomic E-state index is 12.5. The Labute approximate surface area is 137 Å². The highest BCUT2D eigenvalue weighted by molar-refractivity contribution is 6.02. The molecule has 5 nitrogen and oxygen atoms in total. The molecular weight excluding hydrogens is 290 g/mol. The van der Waals surface area contributed by atoms with Crippen LogP contribution in [0.25, 0.3) is 0 Å². The van der Waals surface area contributed by atoms with Crippen molar-refractivity contribution in [1.29, 1.82) is 0 Å². The molecule has 1 saturated heterocycles. The number of likely N-dealkylation sites (tertiary alicyclic amines) is 1. The van der Waals surface area contributed by atoms with E-state index in [1.807, 2.05) is 24.3 Å². The van der Waals surface area contributed by atoms with Crippen molar-refractivity contribution in [2.45, 2.75) is 38.6 Å². The average molecular weight is 315 g/mol. The number of anilines is 1. The van der Waals surface area contributed by atoms with Crippen molar-refractivity contribution in [2.24, 2.45) is 0 Å². The van der Waals surface area contributed by atoms with Crippen molar-refractivity contribution in [2.75, 3.05) is 31.1 Å². The summed E-state index contributed by atoms with van der Waals surface area (Å²) in [5.74, 6) is -0.120. The molecule has 0 spiro atoms. The van der Waals surface area contributed by atoms with Gasteiger partial charge in [0.15, 0.2) is 0 Å². The van der Waals surface area contributed by atoms with Crippen LogP contribution in [0.2, 0.25) is 0 Å². The molecule has 1 atom stereocenters. The summed E-state index contributed by atoms with van der Waals surface area (Å²) in [7, 11) is 0. The maximum atomic E-state index is 12.5. The monoisotopic (exact) mass is 315 g/mol. The van der Waals surface area contributed by atoms with E-state index in [1.54, 1.807) is 4.90 Å². The Bertz CT molecular complexity index is 581. The number of hydrogen-bond donors (Lipinski definition) is 1. The molecule has 124 valence electrons. The van der Waals surface area contributed by atoms with Crippen LogP contribution in [-0.2, 0) is 16.0 Å². The van der Waals surface area contributed by atoms with Gasteiger partial charge in [0.25, 0.3) is 0 Å². The molecule has 0 radical (unpaired) electrons. The molecule has 2 aliphatic rings. The van der Waals surface area contributed by atoms with Gasteiger partial charge in [0, 0.05) is 25.6 Å². The van der Waals surface area contributed by atoms with Gasteiger partial charge in [-0.2, -0.15) is 0 Å². The molecule has 2 heterocycles. The number of amides is 2. The molecule has 2 amide bonds. The summed E-state index contributed by atoms with van der Waals surface area (Å²) >= 11 is 0. The Morgan fingerprint density at radius 3 is 2.70 bits per heavy atom. The van der Waals surface area contributed by atoms with Gasteiger partial charge in [-0.25, -0.2) is 0 Å². The molecule has 0 bridgehead atoms. The van der Waals surface area contributed by atoms with E-state index in [-0.39, 0.29) is 11.8 Å². The Hall–Kier alpha value is -1.88. The SMILES string of the molecule is CC(=O)N1c2ccccc2CC1C(=O)NCCCN1CCCC1. The number of hydrogen-bond acceptors (Lipinski definition) is 3. The molecule has 1 unspecified atom stereocenters. The van der Waals surface area contributed by atoms with E-state index in [0.29, 0.717) is 13.0 Å². The molecule has 2 aliphatic heterocycles. The Morgan fingerprint density at radius 1 is 1.22 bits per heavy atom. The van der Waals surface area contributed by atoms with Crippen molar-refractivity contribution in [3.05, 3.63) is 29.8 Å². The highest BCUT2D eigenvalue weighted by Gasteiger charge is 2.36. The number of nitrogens with zero attached hydrogens (tertiary/aromatic N) is 2. The molecule has 0 saturated carbocycles. The van der Waals surface area contributed by atoms with Crippen LogP contribution in [0.5, 0.6) is 0 Å². The first kappa shape index (κ1) is 16.0. The first-order valence-electron chi connectivity index (χ1n) is 8.54. The number of rotatable bonds is 5. The van der Waals surface area contributed by atoms with Crippen LogP contribution in [-0.4, -0.2) is 48.9 Å². The number of para-hydroxylation sites is 1. The van der Waals surface area contributed by atoms with Gasteiger partial charge in [0.05, 0.1) is 0 Å². The molecule has 1 fully saturated rings. The Morgan fingerprint density at radius 2 is 1.96 bits per heavy atom. The minimum Gasteiger partial charge on any atom is -0.354 e. The number of carbonyl (C=O) groups excluding carboxylic acids is 2. The van der Waals surface area contributed by atoms with Gasteiger partial charge in [-0.1, -0.05) is 18.2 Å². The van der Waals surface area contributed by atoms with Gasteiger partial charge >= 0.3 is 0 Å². The fraction of sp³-hybridized carbons (Fsp3) is 0.556. The molecule has 23 heavy (non-hydrogen) atoms. The summed E-state index contributed by atoms with van der Waals surface area (Å²) in [6.45, 7) is 5.61. The minimum atomic E-state index is -0.406. The van der Waals surface area contributed by atoms with Gasteiger partial charge in [-0.05, 0) is 50.5 Å². The predicted octanol–water partition coefficient (Wildman–Crippen LogP) is 1.57. The van der Waals surface area contributed by atoms with Gasteiger partial charge < -0.3 is 10.2 Å². The molecule has 0 aromatic heterocycles. The maximum Gasteiger partial charge on any atom is 0.243 e. The van der Waals surface area contributed by atoms with Crippen LogP contribution in [0.4, 0.5) is 5.69 Å². The molecular formula is C18H25N3O2. The van der Waals surface area contributed by atoms with Crippen LogP contribution >= 0.6 is 0 Å². The lowest BCUT2D eigenvalue weighted by atomic mass is 10.1. The van der Waals surface area contributed by atoms with Crippen LogP contribution in [0.3, 0.4) is 0 Å². The van der Waals surface area contributed by atoms with E-state index < -0.39 is 6.04 Å². The second-order valence-corrected chi connectivity index (χ2v) is 6.43. The summed E-state index contributed by atoms with van der Waals surface area (Å²) in [6, 6.07) is 7.36. The third-order valence-electron chi connectivity index (χ3n) is 4.77. The van der Waals surface area contributed by atoms with Gasteiger partial charge in [-0.3, -0.25) is 14.5 Å². The lowest BCUT2D eigenvalue weighted by Crippen LogP contribution is -2.47. The van der Waals surface area contributed by atoms with Crippen molar-refractivity contribution in [3.8, 4) is 0 Å². The molecule has 1 N–H and O–H groups in total. The molecule has 3 rings (SSSR count). The first-order chi connectivity index (χ1) is 11.2. The highest BCUT2D eigenvalue weighted by atomic mass is 16.2. The van der Waals surface area contributed by atoms with Crippen LogP contribution < -0.4 is 10.2 Å². The van der Waals surface area contributed by atoms with Crippen molar-refractivity contribution in [3.63, 3.8) is 0 Å². The zero-order chi connectivity index (χ0) is 16.2. The number of carbonyl (C=O) groups is 2. The number of benzene rings is 1. The fourth-order valence-corrected chi connectivity index (χ4v) is 3.62. The normalized spacial score (nSPS) is 20.6. The second kappa shape index (κ2) is 7.13. The largest absolute Gasteiger partial charge is 0.354 e. The third kappa shape index (κ3) is 3.55. The smallest absolute Gasteiger partial charge is 0.243 e. The topological polar surface area (TPSA) is 52.7 Å². The Kier molecular flexibility index (Phi) is 4.96. The Balaban J connectivity index is 1.53. The van der Waals surface area contributed by atoms with E-state index in [1.165, 1.54) is 32.9 Å². The summed E-state index contributed by atoms with van der Waals surface area (Å²) in [5, 5.41) is 3.01.